The van der Waals surface area contributed by atoms with Crippen molar-refractivity contribution >= 4 is 34.2 Å². The first-order valence-corrected chi connectivity index (χ1v) is 10.7. The fraction of sp³-hybridized carbons (Fsp3) is 0.455. The number of rotatable bonds is 4. The predicted molar refractivity (Wildman–Crippen MR) is 121 cm³/mol. The molecule has 2 unspecified atom stereocenters. The molecule has 31 heavy (non-hydrogen) atoms. The lowest BCUT2D eigenvalue weighted by molar-refractivity contribution is -0.127. The zero-order valence-electron chi connectivity index (χ0n) is 18.0. The van der Waals surface area contributed by atoms with Gasteiger partial charge in [0.05, 0.1) is 19.6 Å². The summed E-state index contributed by atoms with van der Waals surface area (Å²) in [6, 6.07) is 8.39. The molecule has 2 atom stereocenters. The molecule has 1 saturated carbocycles. The molecule has 0 radical (unpaired) electrons. The van der Waals surface area contributed by atoms with Crippen LogP contribution in [0, 0.1) is 0 Å². The molecule has 0 saturated heterocycles. The highest BCUT2D eigenvalue weighted by molar-refractivity contribution is 6.35. The third kappa shape index (κ3) is 6.01. The lowest BCUT2D eigenvalue weighted by atomic mass is 9.97. The van der Waals surface area contributed by atoms with Gasteiger partial charge in [-0.25, -0.2) is 4.98 Å². The van der Waals surface area contributed by atoms with Crippen LogP contribution in [-0.2, 0) is 0 Å². The second-order valence-corrected chi connectivity index (χ2v) is 8.74. The van der Waals surface area contributed by atoms with Gasteiger partial charge < -0.3 is 24.3 Å². The highest BCUT2D eigenvalue weighted by Crippen LogP contribution is 2.44. The molecule has 0 bridgehead atoms. The van der Waals surface area contributed by atoms with Crippen molar-refractivity contribution in [3.8, 4) is 11.5 Å². The summed E-state index contributed by atoms with van der Waals surface area (Å²) in [5.41, 5.74) is 2.04. The Kier molecular flexibility index (Phi) is 7.31. The molecule has 2 N–H and O–H groups in total. The third-order valence-corrected chi connectivity index (χ3v) is 5.60. The van der Waals surface area contributed by atoms with Crippen molar-refractivity contribution in [1.29, 1.82) is 0 Å². The molecule has 4 rings (SSSR count). The average Bonchev–Trinajstić information content (AvgIpc) is 3.33. The van der Waals surface area contributed by atoms with Crippen LogP contribution in [0.2, 0.25) is 10.4 Å². The van der Waals surface area contributed by atoms with Crippen molar-refractivity contribution in [2.45, 2.75) is 50.9 Å². The minimum atomic E-state index is -1.50. The van der Waals surface area contributed by atoms with E-state index in [2.05, 4.69) is 26.7 Å². The van der Waals surface area contributed by atoms with E-state index in [1.807, 2.05) is 18.3 Å². The van der Waals surface area contributed by atoms with Gasteiger partial charge in [-0.05, 0) is 74.4 Å². The summed E-state index contributed by atoms with van der Waals surface area (Å²) < 4.78 is 13.0. The third-order valence-electron chi connectivity index (χ3n) is 5.14. The largest absolute Gasteiger partial charge is 0.497 e. The lowest BCUT2D eigenvalue weighted by Gasteiger charge is -2.16. The summed E-state index contributed by atoms with van der Waals surface area (Å²) in [4.78, 5) is 8.41. The van der Waals surface area contributed by atoms with Gasteiger partial charge in [0.2, 0.25) is 5.28 Å². The van der Waals surface area contributed by atoms with Crippen molar-refractivity contribution in [2.75, 3.05) is 14.2 Å². The van der Waals surface area contributed by atoms with Crippen LogP contribution in [0.1, 0.15) is 50.6 Å². The predicted octanol–water partition coefficient (Wildman–Crippen LogP) is 4.97. The Balaban J connectivity index is 0.000000491. The Hall–Kier alpha value is -2.06. The number of benzene rings is 1. The molecule has 0 spiro atoms. The van der Waals surface area contributed by atoms with Gasteiger partial charge in [0.25, 0.3) is 0 Å². The van der Waals surface area contributed by atoms with Crippen molar-refractivity contribution in [3.63, 3.8) is 0 Å². The second-order valence-electron chi connectivity index (χ2n) is 8.05. The van der Waals surface area contributed by atoms with Crippen LogP contribution in [-0.4, -0.2) is 44.8 Å². The number of hydrogen-bond donors (Lipinski definition) is 2. The topological polar surface area (TPSA) is 89.6 Å². The minimum Gasteiger partial charge on any atom is -0.497 e. The molecule has 2 aromatic heterocycles. The molecule has 7 nitrogen and oxygen atoms in total. The fourth-order valence-corrected chi connectivity index (χ4v) is 4.28. The SMILES string of the molecule is CC(C)(O)O.COc1cc(OC)cc(C2CCC(n3ccc4c(Cl)nc(Cl)nc43)C2)c1. The summed E-state index contributed by atoms with van der Waals surface area (Å²) in [7, 11) is 3.35. The van der Waals surface area contributed by atoms with E-state index in [1.54, 1.807) is 14.2 Å². The zero-order chi connectivity index (χ0) is 22.8. The van der Waals surface area contributed by atoms with Gasteiger partial charge in [-0.2, -0.15) is 4.98 Å². The highest BCUT2D eigenvalue weighted by Gasteiger charge is 2.29. The molecule has 1 fully saturated rings. The standard InChI is InChI=1S/C19H19Cl2N3O2.C3H8O2/c1-25-14-8-12(9-15(10-14)26-2)11-3-4-13(7-11)24-6-5-16-17(20)22-19(21)23-18(16)24;1-3(2,4)5/h5-6,8-11,13H,3-4,7H2,1-2H3;4-5H,1-2H3. The monoisotopic (exact) mass is 467 g/mol. The van der Waals surface area contributed by atoms with Gasteiger partial charge in [0.1, 0.15) is 22.3 Å². The molecule has 9 heteroatoms. The molecule has 2 heterocycles. The van der Waals surface area contributed by atoms with E-state index < -0.39 is 5.79 Å². The van der Waals surface area contributed by atoms with Crippen molar-refractivity contribution in [1.82, 2.24) is 14.5 Å². The van der Waals surface area contributed by atoms with E-state index in [0.717, 1.165) is 41.8 Å². The van der Waals surface area contributed by atoms with Crippen LogP contribution < -0.4 is 9.47 Å². The number of hydrogen-bond acceptors (Lipinski definition) is 6. The molecule has 1 aliphatic carbocycles. The Morgan fingerprint density at radius 1 is 1.03 bits per heavy atom. The van der Waals surface area contributed by atoms with E-state index in [4.69, 9.17) is 42.9 Å². The summed E-state index contributed by atoms with van der Waals surface area (Å²) >= 11 is 12.2. The van der Waals surface area contributed by atoms with E-state index in [-0.39, 0.29) is 5.28 Å². The van der Waals surface area contributed by atoms with Gasteiger partial charge in [-0.1, -0.05) is 11.6 Å². The van der Waals surface area contributed by atoms with E-state index in [1.165, 1.54) is 19.4 Å². The van der Waals surface area contributed by atoms with Crippen LogP contribution in [0.3, 0.4) is 0 Å². The second kappa shape index (κ2) is 9.61. The average molecular weight is 468 g/mol. The lowest BCUT2D eigenvalue weighted by Crippen LogP contribution is -2.15. The number of methoxy groups -OCH3 is 2. The number of ether oxygens (including phenoxy) is 2. The van der Waals surface area contributed by atoms with Crippen LogP contribution in [0.4, 0.5) is 0 Å². The van der Waals surface area contributed by atoms with Crippen LogP contribution in [0.5, 0.6) is 11.5 Å². The van der Waals surface area contributed by atoms with E-state index >= 15 is 0 Å². The zero-order valence-corrected chi connectivity index (χ0v) is 19.5. The summed E-state index contributed by atoms with van der Waals surface area (Å²) in [5, 5.41) is 17.6. The van der Waals surface area contributed by atoms with Crippen LogP contribution in [0.25, 0.3) is 11.0 Å². The first-order valence-electron chi connectivity index (χ1n) is 9.96. The molecule has 0 aliphatic heterocycles. The number of aromatic nitrogens is 3. The maximum atomic E-state index is 8.08. The van der Waals surface area contributed by atoms with Gasteiger partial charge in [0, 0.05) is 18.3 Å². The Labute approximate surface area is 191 Å². The Morgan fingerprint density at radius 3 is 2.23 bits per heavy atom. The summed E-state index contributed by atoms with van der Waals surface area (Å²) in [6.45, 7) is 2.60. The molecule has 1 aliphatic rings. The van der Waals surface area contributed by atoms with Gasteiger partial charge in [0.15, 0.2) is 5.79 Å². The molecular formula is C22H27Cl2N3O4. The number of aliphatic hydroxyl groups is 2. The number of halogens is 2. The molecule has 1 aromatic carbocycles. The Bertz CT molecular complexity index is 1020. The fourth-order valence-electron chi connectivity index (χ4n) is 3.84. The number of nitrogens with zero attached hydrogens (tertiary/aromatic N) is 3. The van der Waals surface area contributed by atoms with Crippen molar-refractivity contribution in [2.24, 2.45) is 0 Å². The van der Waals surface area contributed by atoms with Crippen LogP contribution >= 0.6 is 23.2 Å². The van der Waals surface area contributed by atoms with Crippen molar-refractivity contribution < 1.29 is 19.7 Å². The summed E-state index contributed by atoms with van der Waals surface area (Å²) in [6.07, 6.45) is 5.19. The van der Waals surface area contributed by atoms with Gasteiger partial charge in [-0.3, -0.25) is 0 Å². The molecule has 0 amide bonds. The normalized spacial score (nSPS) is 18.6. The first kappa shape index (κ1) is 23.6. The van der Waals surface area contributed by atoms with Gasteiger partial charge >= 0.3 is 0 Å². The maximum absolute atomic E-state index is 8.08. The smallest absolute Gasteiger partial charge is 0.225 e. The van der Waals surface area contributed by atoms with Crippen LogP contribution in [0.15, 0.2) is 30.5 Å². The Morgan fingerprint density at radius 2 is 1.65 bits per heavy atom. The molecule has 168 valence electrons. The molecular weight excluding hydrogens is 441 g/mol. The maximum Gasteiger partial charge on any atom is 0.225 e. The van der Waals surface area contributed by atoms with Crippen molar-refractivity contribution in [3.05, 3.63) is 46.5 Å². The molecule has 3 aromatic rings. The minimum absolute atomic E-state index is 0.175. The van der Waals surface area contributed by atoms with E-state index in [0.29, 0.717) is 17.1 Å². The quantitative estimate of drug-likeness (QED) is 0.319. The number of fused-ring (bicyclic) bond motifs is 1. The highest BCUT2D eigenvalue weighted by atomic mass is 35.5. The summed E-state index contributed by atoms with van der Waals surface area (Å²) in [5.74, 6) is 0.579. The first-order chi connectivity index (χ1) is 14.6. The van der Waals surface area contributed by atoms with E-state index in [9.17, 15) is 0 Å². The van der Waals surface area contributed by atoms with Gasteiger partial charge in [-0.15, -0.1) is 0 Å².